The summed E-state index contributed by atoms with van der Waals surface area (Å²) >= 11 is 1.70. The molecule has 152 valence electrons. The summed E-state index contributed by atoms with van der Waals surface area (Å²) in [5, 5.41) is 8.69. The van der Waals surface area contributed by atoms with Gasteiger partial charge in [0.1, 0.15) is 5.75 Å². The Morgan fingerprint density at radius 2 is 1.90 bits per heavy atom. The summed E-state index contributed by atoms with van der Waals surface area (Å²) in [5.74, 6) is -0.800. The van der Waals surface area contributed by atoms with Gasteiger partial charge in [-0.15, -0.1) is 11.3 Å². The van der Waals surface area contributed by atoms with Crippen molar-refractivity contribution in [3.63, 3.8) is 0 Å². The number of carboxylic acids is 1. The Morgan fingerprint density at radius 3 is 2.48 bits per heavy atom. The molecule has 0 amide bonds. The molecule has 2 N–H and O–H groups in total. The predicted octanol–water partition coefficient (Wildman–Crippen LogP) is 6.40. The number of nitrogens with one attached hydrogen (secondary N) is 1. The van der Waals surface area contributed by atoms with Gasteiger partial charge in [-0.3, -0.25) is 0 Å². The molecule has 0 bridgehead atoms. The van der Waals surface area contributed by atoms with Crippen LogP contribution in [0.2, 0.25) is 0 Å². The second-order valence-electron chi connectivity index (χ2n) is 5.74. The highest BCUT2D eigenvalue weighted by Gasteiger charge is 2.31. The number of alkyl halides is 3. The summed E-state index contributed by atoms with van der Waals surface area (Å²) in [6, 6.07) is 9.98. The van der Waals surface area contributed by atoms with Gasteiger partial charge < -0.3 is 14.6 Å². The third-order valence-electron chi connectivity index (χ3n) is 3.87. The van der Waals surface area contributed by atoms with Gasteiger partial charge in [0.15, 0.2) is 5.13 Å². The monoisotopic (exact) mass is 443 g/mol. The average molecular weight is 443 g/mol. The zero-order valence-electron chi connectivity index (χ0n) is 14.7. The molecule has 1 heterocycles. The first-order valence-electron chi connectivity index (χ1n) is 8.00. The molecule has 0 radical (unpaired) electrons. The summed E-state index contributed by atoms with van der Waals surface area (Å²) in [7, 11) is 1.39. The SMILES string of the molecule is COc1ccc(C(=O)O)cc1SNc1cc(C(F)(F)F)ccc1-c1ccc(F)s1. The summed E-state index contributed by atoms with van der Waals surface area (Å²) in [6.45, 7) is 0. The number of hydrogen-bond donors (Lipinski definition) is 2. The van der Waals surface area contributed by atoms with Crippen molar-refractivity contribution in [3.05, 3.63) is 64.8 Å². The molecular weight excluding hydrogens is 430 g/mol. The zero-order valence-corrected chi connectivity index (χ0v) is 16.3. The summed E-state index contributed by atoms with van der Waals surface area (Å²) in [4.78, 5) is 12.0. The number of halogens is 4. The molecule has 0 fully saturated rings. The van der Waals surface area contributed by atoms with Crippen LogP contribution in [0.15, 0.2) is 53.4 Å². The number of thiophene rings is 1. The molecule has 3 rings (SSSR count). The predicted molar refractivity (Wildman–Crippen MR) is 104 cm³/mol. The van der Waals surface area contributed by atoms with E-state index in [1.165, 1.54) is 43.5 Å². The molecule has 0 saturated carbocycles. The van der Waals surface area contributed by atoms with E-state index in [-0.39, 0.29) is 11.3 Å². The number of hydrogen-bond acceptors (Lipinski definition) is 5. The van der Waals surface area contributed by atoms with E-state index >= 15 is 0 Å². The highest BCUT2D eigenvalue weighted by molar-refractivity contribution is 8.00. The van der Waals surface area contributed by atoms with Crippen molar-refractivity contribution in [2.75, 3.05) is 11.8 Å². The molecular formula is C19H13F4NO3S2. The lowest BCUT2D eigenvalue weighted by molar-refractivity contribution is -0.137. The number of anilines is 1. The standard InChI is InChI=1S/C19H13F4NO3S2/c1-27-14-5-2-10(18(25)26)8-16(14)29-24-13-9-11(19(21,22)23)3-4-12(13)15-6-7-17(20)28-15/h2-9,24H,1H3,(H,25,26). The average Bonchev–Trinajstić information content (AvgIpc) is 3.11. The Labute approximate surface area is 171 Å². The van der Waals surface area contributed by atoms with Gasteiger partial charge in [0.25, 0.3) is 0 Å². The van der Waals surface area contributed by atoms with Gasteiger partial charge in [0.2, 0.25) is 0 Å². The van der Waals surface area contributed by atoms with Gasteiger partial charge in [-0.1, -0.05) is 6.07 Å². The minimum atomic E-state index is -4.55. The fraction of sp³-hybridized carbons (Fsp3) is 0.105. The summed E-state index contributed by atoms with van der Waals surface area (Å²) in [6.07, 6.45) is -4.55. The third-order valence-corrected chi connectivity index (χ3v) is 5.63. The largest absolute Gasteiger partial charge is 0.496 e. The fourth-order valence-electron chi connectivity index (χ4n) is 2.48. The van der Waals surface area contributed by atoms with E-state index in [1.54, 1.807) is 0 Å². The van der Waals surface area contributed by atoms with Crippen molar-refractivity contribution in [1.29, 1.82) is 0 Å². The topological polar surface area (TPSA) is 58.6 Å². The molecule has 0 atom stereocenters. The molecule has 0 aliphatic carbocycles. The number of aromatic carboxylic acids is 1. The van der Waals surface area contributed by atoms with Crippen molar-refractivity contribution in [2.24, 2.45) is 0 Å². The van der Waals surface area contributed by atoms with Crippen LogP contribution in [0, 0.1) is 5.13 Å². The van der Waals surface area contributed by atoms with E-state index in [0.717, 1.165) is 35.4 Å². The Balaban J connectivity index is 1.99. The number of carbonyl (C=O) groups is 1. The van der Waals surface area contributed by atoms with Crippen LogP contribution in [-0.2, 0) is 6.18 Å². The van der Waals surface area contributed by atoms with Gasteiger partial charge in [-0.25, -0.2) is 4.79 Å². The first-order valence-corrected chi connectivity index (χ1v) is 9.63. The van der Waals surface area contributed by atoms with Crippen LogP contribution in [-0.4, -0.2) is 18.2 Å². The van der Waals surface area contributed by atoms with Crippen molar-refractivity contribution >= 4 is 34.9 Å². The zero-order chi connectivity index (χ0) is 21.2. The fourth-order valence-corrected chi connectivity index (χ4v) is 4.08. The lowest BCUT2D eigenvalue weighted by atomic mass is 10.1. The second-order valence-corrected chi connectivity index (χ2v) is 7.62. The molecule has 0 aliphatic heterocycles. The minimum absolute atomic E-state index is 0.000284. The van der Waals surface area contributed by atoms with Crippen molar-refractivity contribution in [3.8, 4) is 16.2 Å². The van der Waals surface area contributed by atoms with E-state index in [4.69, 9.17) is 9.84 Å². The van der Waals surface area contributed by atoms with Crippen LogP contribution >= 0.6 is 23.3 Å². The highest BCUT2D eigenvalue weighted by atomic mass is 32.2. The molecule has 0 spiro atoms. The van der Waals surface area contributed by atoms with Crippen LogP contribution < -0.4 is 9.46 Å². The Kier molecular flexibility index (Phi) is 6.04. The summed E-state index contributed by atoms with van der Waals surface area (Å²) < 4.78 is 60.9. The van der Waals surface area contributed by atoms with Crippen LogP contribution in [0.25, 0.3) is 10.4 Å². The van der Waals surface area contributed by atoms with Crippen molar-refractivity contribution < 1.29 is 32.2 Å². The van der Waals surface area contributed by atoms with E-state index < -0.39 is 22.8 Å². The van der Waals surface area contributed by atoms with E-state index in [0.29, 0.717) is 21.1 Å². The van der Waals surface area contributed by atoms with E-state index in [2.05, 4.69) is 4.72 Å². The Hall–Kier alpha value is -2.72. The number of methoxy groups -OCH3 is 1. The molecule has 4 nitrogen and oxygen atoms in total. The Morgan fingerprint density at radius 1 is 1.14 bits per heavy atom. The lowest BCUT2D eigenvalue weighted by Crippen LogP contribution is -2.05. The van der Waals surface area contributed by atoms with E-state index in [9.17, 15) is 22.4 Å². The quantitative estimate of drug-likeness (QED) is 0.341. The maximum Gasteiger partial charge on any atom is 0.416 e. The van der Waals surface area contributed by atoms with Gasteiger partial charge in [-0.2, -0.15) is 17.6 Å². The van der Waals surface area contributed by atoms with Gasteiger partial charge >= 0.3 is 12.1 Å². The molecule has 0 saturated heterocycles. The third kappa shape index (κ3) is 4.83. The van der Waals surface area contributed by atoms with Crippen LogP contribution in [0.4, 0.5) is 23.2 Å². The maximum absolute atomic E-state index is 13.4. The molecule has 29 heavy (non-hydrogen) atoms. The number of ether oxygens (including phenoxy) is 1. The van der Waals surface area contributed by atoms with Crippen LogP contribution in [0.1, 0.15) is 15.9 Å². The molecule has 10 heteroatoms. The minimum Gasteiger partial charge on any atom is -0.496 e. The first-order chi connectivity index (χ1) is 13.7. The summed E-state index contributed by atoms with van der Waals surface area (Å²) in [5.41, 5.74) is -0.380. The van der Waals surface area contributed by atoms with Crippen molar-refractivity contribution in [1.82, 2.24) is 0 Å². The Bertz CT molecular complexity index is 1050. The first kappa shape index (κ1) is 21.0. The molecule has 2 aromatic carbocycles. The van der Waals surface area contributed by atoms with Crippen LogP contribution in [0.3, 0.4) is 0 Å². The molecule has 0 unspecified atom stereocenters. The van der Waals surface area contributed by atoms with Gasteiger partial charge in [0, 0.05) is 10.4 Å². The van der Waals surface area contributed by atoms with Gasteiger partial charge in [-0.05, 0) is 54.4 Å². The normalized spacial score (nSPS) is 11.3. The van der Waals surface area contributed by atoms with Gasteiger partial charge in [0.05, 0.1) is 28.8 Å². The van der Waals surface area contributed by atoms with Crippen molar-refractivity contribution in [2.45, 2.75) is 11.1 Å². The molecule has 1 aromatic heterocycles. The van der Waals surface area contributed by atoms with E-state index in [1.807, 2.05) is 0 Å². The number of benzene rings is 2. The maximum atomic E-state index is 13.4. The second kappa shape index (κ2) is 8.34. The number of carboxylic acid groups (broad SMARTS) is 1. The smallest absolute Gasteiger partial charge is 0.416 e. The lowest BCUT2D eigenvalue weighted by Gasteiger charge is -2.15. The van der Waals surface area contributed by atoms with Crippen LogP contribution in [0.5, 0.6) is 5.75 Å². The molecule has 0 aliphatic rings. The highest BCUT2D eigenvalue weighted by Crippen LogP contribution is 2.40. The number of rotatable bonds is 6. The molecule has 3 aromatic rings.